The quantitative estimate of drug-likeness (QED) is 0.664. The van der Waals surface area contributed by atoms with E-state index in [0.717, 1.165) is 22.6 Å². The SMILES string of the molecule is Cc1c(-c2ccc(Cl)cc2Cl)nc2ccc(C#N)cn12. The molecular formula is C15H9Cl2N3. The monoisotopic (exact) mass is 301 g/mol. The Bertz CT molecular complexity index is 859. The maximum Gasteiger partial charge on any atom is 0.137 e. The molecular weight excluding hydrogens is 293 g/mol. The van der Waals surface area contributed by atoms with Crippen LogP contribution < -0.4 is 0 Å². The zero-order valence-electron chi connectivity index (χ0n) is 10.6. The number of halogens is 2. The lowest BCUT2D eigenvalue weighted by atomic mass is 10.1. The zero-order chi connectivity index (χ0) is 14.3. The standard InChI is InChI=1S/C15H9Cl2N3/c1-9-15(12-4-3-11(16)6-13(12)17)19-14-5-2-10(7-18)8-20(9)14/h2-6,8H,1H3. The summed E-state index contributed by atoms with van der Waals surface area (Å²) >= 11 is 12.2. The van der Waals surface area contributed by atoms with Gasteiger partial charge in [-0.2, -0.15) is 5.26 Å². The van der Waals surface area contributed by atoms with Crippen LogP contribution in [0.5, 0.6) is 0 Å². The molecule has 0 aliphatic heterocycles. The largest absolute Gasteiger partial charge is 0.302 e. The van der Waals surface area contributed by atoms with Gasteiger partial charge in [0.05, 0.1) is 16.3 Å². The van der Waals surface area contributed by atoms with Crippen molar-refractivity contribution in [1.29, 1.82) is 5.26 Å². The predicted molar refractivity (Wildman–Crippen MR) is 80.1 cm³/mol. The van der Waals surface area contributed by atoms with Crippen LogP contribution in [-0.2, 0) is 0 Å². The number of hydrogen-bond acceptors (Lipinski definition) is 2. The Labute approximate surface area is 126 Å². The van der Waals surface area contributed by atoms with E-state index in [0.29, 0.717) is 15.6 Å². The highest BCUT2D eigenvalue weighted by Gasteiger charge is 2.13. The third-order valence-electron chi connectivity index (χ3n) is 3.17. The number of aryl methyl sites for hydroxylation is 1. The van der Waals surface area contributed by atoms with Crippen LogP contribution in [-0.4, -0.2) is 9.38 Å². The molecule has 2 heterocycles. The number of aromatic nitrogens is 2. The van der Waals surface area contributed by atoms with Crippen LogP contribution in [0, 0.1) is 18.3 Å². The molecule has 0 spiro atoms. The molecule has 98 valence electrons. The smallest absolute Gasteiger partial charge is 0.137 e. The molecule has 0 aliphatic rings. The lowest BCUT2D eigenvalue weighted by Crippen LogP contribution is -1.89. The third kappa shape index (κ3) is 2.03. The normalized spacial score (nSPS) is 10.7. The van der Waals surface area contributed by atoms with Crippen molar-refractivity contribution in [3.63, 3.8) is 0 Å². The first-order valence-corrected chi connectivity index (χ1v) is 6.70. The molecule has 0 atom stereocenters. The van der Waals surface area contributed by atoms with Gasteiger partial charge >= 0.3 is 0 Å². The van der Waals surface area contributed by atoms with E-state index in [1.807, 2.05) is 23.5 Å². The number of nitriles is 1. The average molecular weight is 302 g/mol. The zero-order valence-corrected chi connectivity index (χ0v) is 12.1. The Balaban J connectivity index is 2.27. The van der Waals surface area contributed by atoms with E-state index >= 15 is 0 Å². The molecule has 0 saturated heterocycles. The van der Waals surface area contributed by atoms with Crippen LogP contribution >= 0.6 is 23.2 Å². The van der Waals surface area contributed by atoms with E-state index in [2.05, 4.69) is 11.1 Å². The predicted octanol–water partition coefficient (Wildman–Crippen LogP) is 4.49. The minimum Gasteiger partial charge on any atom is -0.302 e. The molecule has 1 aromatic carbocycles. The second-order valence-electron chi connectivity index (χ2n) is 4.43. The van der Waals surface area contributed by atoms with Crippen LogP contribution in [0.15, 0.2) is 36.5 Å². The summed E-state index contributed by atoms with van der Waals surface area (Å²) < 4.78 is 1.89. The molecule has 3 rings (SSSR count). The van der Waals surface area contributed by atoms with Gasteiger partial charge in [0.25, 0.3) is 0 Å². The van der Waals surface area contributed by atoms with Gasteiger partial charge in [0.1, 0.15) is 11.7 Å². The third-order valence-corrected chi connectivity index (χ3v) is 3.72. The number of fused-ring (bicyclic) bond motifs is 1. The van der Waals surface area contributed by atoms with Gasteiger partial charge in [-0.15, -0.1) is 0 Å². The van der Waals surface area contributed by atoms with Crippen LogP contribution in [0.25, 0.3) is 16.9 Å². The Hall–Kier alpha value is -2.02. The first kappa shape index (κ1) is 13.0. The first-order valence-electron chi connectivity index (χ1n) is 5.94. The van der Waals surface area contributed by atoms with Crippen molar-refractivity contribution in [1.82, 2.24) is 9.38 Å². The van der Waals surface area contributed by atoms with Crippen LogP contribution in [0.1, 0.15) is 11.3 Å². The van der Waals surface area contributed by atoms with Crippen molar-refractivity contribution in [2.75, 3.05) is 0 Å². The summed E-state index contributed by atoms with van der Waals surface area (Å²) in [5, 5.41) is 10.1. The minimum atomic E-state index is 0.560. The van der Waals surface area contributed by atoms with E-state index in [1.165, 1.54) is 0 Å². The van der Waals surface area contributed by atoms with Crippen molar-refractivity contribution >= 4 is 28.8 Å². The molecule has 0 fully saturated rings. The van der Waals surface area contributed by atoms with Crippen molar-refractivity contribution in [3.05, 3.63) is 57.8 Å². The number of benzene rings is 1. The van der Waals surface area contributed by atoms with E-state index in [-0.39, 0.29) is 0 Å². The fraction of sp³-hybridized carbons (Fsp3) is 0.0667. The molecule has 20 heavy (non-hydrogen) atoms. The van der Waals surface area contributed by atoms with Crippen molar-refractivity contribution in [2.45, 2.75) is 6.92 Å². The van der Waals surface area contributed by atoms with Crippen LogP contribution in [0.3, 0.4) is 0 Å². The summed E-state index contributed by atoms with van der Waals surface area (Å²) in [7, 11) is 0. The summed E-state index contributed by atoms with van der Waals surface area (Å²) in [6.45, 7) is 1.95. The van der Waals surface area contributed by atoms with Gasteiger partial charge in [0, 0.05) is 22.5 Å². The Morgan fingerprint density at radius 3 is 2.70 bits per heavy atom. The fourth-order valence-corrected chi connectivity index (χ4v) is 2.66. The van der Waals surface area contributed by atoms with Crippen molar-refractivity contribution < 1.29 is 0 Å². The van der Waals surface area contributed by atoms with Gasteiger partial charge in [-0.3, -0.25) is 0 Å². The molecule has 0 radical (unpaired) electrons. The fourth-order valence-electron chi connectivity index (χ4n) is 2.16. The number of pyridine rings is 1. The molecule has 0 amide bonds. The first-order chi connectivity index (χ1) is 9.60. The summed E-state index contributed by atoms with van der Waals surface area (Å²) in [5.41, 5.74) is 3.92. The minimum absolute atomic E-state index is 0.560. The Morgan fingerprint density at radius 2 is 2.00 bits per heavy atom. The Kier molecular flexibility index (Phi) is 3.13. The highest BCUT2D eigenvalue weighted by molar-refractivity contribution is 6.36. The lowest BCUT2D eigenvalue weighted by Gasteiger charge is -2.03. The molecule has 0 bridgehead atoms. The van der Waals surface area contributed by atoms with Crippen molar-refractivity contribution in [3.8, 4) is 17.3 Å². The summed E-state index contributed by atoms with van der Waals surface area (Å²) in [6.07, 6.45) is 1.77. The summed E-state index contributed by atoms with van der Waals surface area (Å²) in [4.78, 5) is 4.57. The van der Waals surface area contributed by atoms with E-state index in [4.69, 9.17) is 28.5 Å². The maximum atomic E-state index is 8.97. The molecule has 0 unspecified atom stereocenters. The molecule has 5 heteroatoms. The molecule has 3 aromatic rings. The number of nitrogens with zero attached hydrogens (tertiary/aromatic N) is 3. The van der Waals surface area contributed by atoms with Gasteiger partial charge in [-0.1, -0.05) is 23.2 Å². The highest BCUT2D eigenvalue weighted by atomic mass is 35.5. The van der Waals surface area contributed by atoms with Gasteiger partial charge < -0.3 is 4.40 Å². The van der Waals surface area contributed by atoms with Crippen LogP contribution in [0.2, 0.25) is 10.0 Å². The highest BCUT2D eigenvalue weighted by Crippen LogP contribution is 2.32. The molecule has 0 N–H and O–H groups in total. The van der Waals surface area contributed by atoms with Gasteiger partial charge in [-0.05, 0) is 37.3 Å². The topological polar surface area (TPSA) is 41.1 Å². The van der Waals surface area contributed by atoms with Gasteiger partial charge in [-0.25, -0.2) is 4.98 Å². The molecule has 0 aliphatic carbocycles. The van der Waals surface area contributed by atoms with Crippen molar-refractivity contribution in [2.24, 2.45) is 0 Å². The number of imidazole rings is 1. The average Bonchev–Trinajstić information content (AvgIpc) is 2.76. The molecule has 2 aromatic heterocycles. The van der Waals surface area contributed by atoms with E-state index in [9.17, 15) is 0 Å². The Morgan fingerprint density at radius 1 is 1.20 bits per heavy atom. The number of hydrogen-bond donors (Lipinski definition) is 0. The lowest BCUT2D eigenvalue weighted by molar-refractivity contribution is 1.10. The van der Waals surface area contributed by atoms with Crippen LogP contribution in [0.4, 0.5) is 0 Å². The molecule has 3 nitrogen and oxygen atoms in total. The van der Waals surface area contributed by atoms with Gasteiger partial charge in [0.15, 0.2) is 0 Å². The second-order valence-corrected chi connectivity index (χ2v) is 5.27. The number of rotatable bonds is 1. The summed E-state index contributed by atoms with van der Waals surface area (Å²) in [6, 6.07) is 11.0. The van der Waals surface area contributed by atoms with E-state index in [1.54, 1.807) is 24.4 Å². The maximum absolute atomic E-state index is 8.97. The summed E-state index contributed by atoms with van der Waals surface area (Å²) in [5.74, 6) is 0. The second kappa shape index (κ2) is 4.82. The molecule has 0 saturated carbocycles. The van der Waals surface area contributed by atoms with Gasteiger partial charge in [0.2, 0.25) is 0 Å². The van der Waals surface area contributed by atoms with E-state index < -0.39 is 0 Å².